The molecular formula is C15H17N3O2. The first kappa shape index (κ1) is 13.9. The third kappa shape index (κ3) is 2.91. The smallest absolute Gasteiger partial charge is 0.236 e. The van der Waals surface area contributed by atoms with Gasteiger partial charge in [0.15, 0.2) is 6.61 Å². The van der Waals surface area contributed by atoms with Crippen LogP contribution in [0.2, 0.25) is 0 Å². The van der Waals surface area contributed by atoms with Gasteiger partial charge in [-0.05, 0) is 31.9 Å². The van der Waals surface area contributed by atoms with Gasteiger partial charge in [0.2, 0.25) is 17.5 Å². The van der Waals surface area contributed by atoms with Crippen molar-refractivity contribution in [3.63, 3.8) is 0 Å². The van der Waals surface area contributed by atoms with Crippen LogP contribution in [-0.2, 0) is 6.61 Å². The zero-order valence-corrected chi connectivity index (χ0v) is 11.9. The molecule has 2 aromatic rings. The number of aryl methyl sites for hydroxylation is 2. The predicted octanol–water partition coefficient (Wildman–Crippen LogP) is 3.17. The number of anilines is 1. The monoisotopic (exact) mass is 271 g/mol. The zero-order valence-electron chi connectivity index (χ0n) is 11.9. The predicted molar refractivity (Wildman–Crippen MR) is 75.6 cm³/mol. The average molecular weight is 271 g/mol. The van der Waals surface area contributed by atoms with E-state index in [2.05, 4.69) is 10.3 Å². The number of nitriles is 1. The van der Waals surface area contributed by atoms with E-state index in [4.69, 9.17) is 14.4 Å². The summed E-state index contributed by atoms with van der Waals surface area (Å²) in [6.45, 7) is 6.77. The number of aromatic nitrogens is 1. The molecule has 0 fully saturated rings. The largest absolute Gasteiger partial charge is 0.483 e. The number of nitrogens with zero attached hydrogens (tertiary/aromatic N) is 2. The Hall–Kier alpha value is -2.48. The Morgan fingerprint density at radius 3 is 2.65 bits per heavy atom. The molecule has 1 N–H and O–H groups in total. The molecule has 0 bridgehead atoms. The SMILES string of the molecule is CCNc1oc(COc2c(C)cccc2C)nc1C#N. The maximum Gasteiger partial charge on any atom is 0.236 e. The Kier molecular flexibility index (Phi) is 4.26. The number of ether oxygens (including phenoxy) is 1. The molecule has 0 aliphatic rings. The molecule has 0 aliphatic carbocycles. The highest BCUT2D eigenvalue weighted by atomic mass is 16.5. The molecule has 1 aromatic carbocycles. The normalized spacial score (nSPS) is 10.1. The van der Waals surface area contributed by atoms with Crippen LogP contribution in [0.3, 0.4) is 0 Å². The summed E-state index contributed by atoms with van der Waals surface area (Å²) in [4.78, 5) is 4.11. The number of hydrogen-bond donors (Lipinski definition) is 1. The van der Waals surface area contributed by atoms with Crippen molar-refractivity contribution in [2.45, 2.75) is 27.4 Å². The summed E-state index contributed by atoms with van der Waals surface area (Å²) in [5, 5.41) is 11.9. The first-order chi connectivity index (χ1) is 9.65. The fourth-order valence-corrected chi connectivity index (χ4v) is 1.94. The van der Waals surface area contributed by atoms with Crippen molar-refractivity contribution in [1.29, 1.82) is 5.26 Å². The summed E-state index contributed by atoms with van der Waals surface area (Å²) in [6, 6.07) is 7.96. The van der Waals surface area contributed by atoms with Crippen LogP contribution in [0.1, 0.15) is 29.6 Å². The molecule has 0 atom stereocenters. The highest BCUT2D eigenvalue weighted by molar-refractivity contribution is 5.45. The first-order valence-electron chi connectivity index (χ1n) is 6.48. The quantitative estimate of drug-likeness (QED) is 0.904. The molecule has 5 heteroatoms. The first-order valence-corrected chi connectivity index (χ1v) is 6.48. The van der Waals surface area contributed by atoms with Crippen molar-refractivity contribution in [1.82, 2.24) is 4.98 Å². The van der Waals surface area contributed by atoms with Gasteiger partial charge in [-0.3, -0.25) is 0 Å². The van der Waals surface area contributed by atoms with E-state index < -0.39 is 0 Å². The van der Waals surface area contributed by atoms with Crippen LogP contribution < -0.4 is 10.1 Å². The van der Waals surface area contributed by atoms with Crippen LogP contribution in [0.15, 0.2) is 22.6 Å². The summed E-state index contributed by atoms with van der Waals surface area (Å²) >= 11 is 0. The molecule has 0 amide bonds. The number of rotatable bonds is 5. The molecule has 0 saturated carbocycles. The molecule has 5 nitrogen and oxygen atoms in total. The highest BCUT2D eigenvalue weighted by Crippen LogP contribution is 2.24. The summed E-state index contributed by atoms with van der Waals surface area (Å²) in [7, 11) is 0. The number of oxazole rings is 1. The fourth-order valence-electron chi connectivity index (χ4n) is 1.94. The van der Waals surface area contributed by atoms with Gasteiger partial charge in [0.25, 0.3) is 0 Å². The standard InChI is InChI=1S/C15H17N3O2/c1-4-17-15-12(8-16)18-13(20-15)9-19-14-10(2)6-5-7-11(14)3/h5-7,17H,4,9H2,1-3H3. The van der Waals surface area contributed by atoms with Crippen LogP contribution in [0.4, 0.5) is 5.88 Å². The molecule has 0 aliphatic heterocycles. The minimum absolute atomic E-state index is 0.200. The molecule has 20 heavy (non-hydrogen) atoms. The Labute approximate surface area is 118 Å². The molecular weight excluding hydrogens is 254 g/mol. The van der Waals surface area contributed by atoms with Gasteiger partial charge in [-0.15, -0.1) is 0 Å². The Balaban J connectivity index is 2.13. The molecule has 0 spiro atoms. The third-order valence-corrected chi connectivity index (χ3v) is 2.86. The number of hydrogen-bond acceptors (Lipinski definition) is 5. The van der Waals surface area contributed by atoms with E-state index in [0.29, 0.717) is 18.3 Å². The summed E-state index contributed by atoms with van der Waals surface area (Å²) in [5.74, 6) is 1.62. The fraction of sp³-hybridized carbons (Fsp3) is 0.333. The number of para-hydroxylation sites is 1. The minimum Gasteiger partial charge on any atom is -0.483 e. The van der Waals surface area contributed by atoms with Crippen LogP contribution in [0.25, 0.3) is 0 Å². The molecule has 2 rings (SSSR count). The van der Waals surface area contributed by atoms with Gasteiger partial charge in [-0.2, -0.15) is 10.2 Å². The minimum atomic E-state index is 0.200. The molecule has 0 radical (unpaired) electrons. The Bertz CT molecular complexity index is 621. The van der Waals surface area contributed by atoms with Gasteiger partial charge in [-0.1, -0.05) is 18.2 Å². The zero-order chi connectivity index (χ0) is 14.5. The van der Waals surface area contributed by atoms with E-state index in [9.17, 15) is 0 Å². The van der Waals surface area contributed by atoms with Crippen molar-refractivity contribution in [3.8, 4) is 11.8 Å². The lowest BCUT2D eigenvalue weighted by Crippen LogP contribution is -1.99. The summed E-state index contributed by atoms with van der Waals surface area (Å²) in [6.07, 6.45) is 0. The second-order valence-corrected chi connectivity index (χ2v) is 4.44. The van der Waals surface area contributed by atoms with Crippen molar-refractivity contribution in [2.75, 3.05) is 11.9 Å². The van der Waals surface area contributed by atoms with E-state index in [0.717, 1.165) is 16.9 Å². The Morgan fingerprint density at radius 1 is 1.35 bits per heavy atom. The van der Waals surface area contributed by atoms with E-state index in [-0.39, 0.29) is 12.3 Å². The lowest BCUT2D eigenvalue weighted by Gasteiger charge is -2.09. The highest BCUT2D eigenvalue weighted by Gasteiger charge is 2.13. The molecule has 1 aromatic heterocycles. The lowest BCUT2D eigenvalue weighted by molar-refractivity contribution is 0.261. The van der Waals surface area contributed by atoms with E-state index in [1.165, 1.54) is 0 Å². The van der Waals surface area contributed by atoms with Crippen LogP contribution in [-0.4, -0.2) is 11.5 Å². The van der Waals surface area contributed by atoms with E-state index in [1.807, 2.05) is 45.0 Å². The molecule has 0 unspecified atom stereocenters. The van der Waals surface area contributed by atoms with Gasteiger partial charge < -0.3 is 14.5 Å². The van der Waals surface area contributed by atoms with E-state index in [1.54, 1.807) is 0 Å². The van der Waals surface area contributed by atoms with E-state index >= 15 is 0 Å². The lowest BCUT2D eigenvalue weighted by atomic mass is 10.1. The van der Waals surface area contributed by atoms with Gasteiger partial charge >= 0.3 is 0 Å². The second-order valence-electron chi connectivity index (χ2n) is 4.44. The number of nitrogens with one attached hydrogen (secondary N) is 1. The maximum absolute atomic E-state index is 8.98. The van der Waals surface area contributed by atoms with Crippen LogP contribution in [0.5, 0.6) is 5.75 Å². The van der Waals surface area contributed by atoms with Crippen molar-refractivity contribution < 1.29 is 9.15 Å². The van der Waals surface area contributed by atoms with Crippen LogP contribution in [0, 0.1) is 25.2 Å². The molecule has 0 saturated heterocycles. The van der Waals surface area contributed by atoms with Crippen LogP contribution >= 0.6 is 0 Å². The summed E-state index contributed by atoms with van der Waals surface area (Å²) < 4.78 is 11.2. The second kappa shape index (κ2) is 6.11. The Morgan fingerprint density at radius 2 is 2.05 bits per heavy atom. The van der Waals surface area contributed by atoms with Crippen molar-refractivity contribution in [3.05, 3.63) is 40.9 Å². The van der Waals surface area contributed by atoms with Gasteiger partial charge in [0.1, 0.15) is 11.8 Å². The average Bonchev–Trinajstić information content (AvgIpc) is 2.81. The van der Waals surface area contributed by atoms with Gasteiger partial charge in [0.05, 0.1) is 0 Å². The molecule has 104 valence electrons. The van der Waals surface area contributed by atoms with Gasteiger partial charge in [-0.25, -0.2) is 0 Å². The van der Waals surface area contributed by atoms with Crippen molar-refractivity contribution in [2.24, 2.45) is 0 Å². The maximum atomic E-state index is 8.98. The summed E-state index contributed by atoms with van der Waals surface area (Å²) in [5.41, 5.74) is 2.37. The number of benzene rings is 1. The van der Waals surface area contributed by atoms with Gasteiger partial charge in [0, 0.05) is 6.54 Å². The molecule has 1 heterocycles. The van der Waals surface area contributed by atoms with Crippen molar-refractivity contribution >= 4 is 5.88 Å². The third-order valence-electron chi connectivity index (χ3n) is 2.86. The topological polar surface area (TPSA) is 71.1 Å².